The van der Waals surface area contributed by atoms with Crippen molar-refractivity contribution in [2.24, 2.45) is 5.92 Å². The molecule has 0 bridgehead atoms. The van der Waals surface area contributed by atoms with Gasteiger partial charge in [0.2, 0.25) is 0 Å². The highest BCUT2D eigenvalue weighted by molar-refractivity contribution is 5.35. The zero-order valence-electron chi connectivity index (χ0n) is 11.7. The van der Waals surface area contributed by atoms with Crippen LogP contribution in [0.2, 0.25) is 0 Å². The zero-order valence-corrected chi connectivity index (χ0v) is 11.7. The Labute approximate surface area is 114 Å². The average Bonchev–Trinajstić information content (AvgIpc) is 2.44. The molecule has 0 aliphatic carbocycles. The Hall–Kier alpha value is -1.13. The molecule has 1 aliphatic rings. The Morgan fingerprint density at radius 3 is 2.68 bits per heavy atom. The van der Waals surface area contributed by atoms with E-state index in [1.807, 2.05) is 0 Å². The van der Waals surface area contributed by atoms with Crippen molar-refractivity contribution in [3.8, 4) is 5.75 Å². The Balaban J connectivity index is 2.33. The maximum absolute atomic E-state index is 13.5. The number of aromatic hydroxyl groups is 1. The molecule has 1 fully saturated rings. The summed E-state index contributed by atoms with van der Waals surface area (Å²) in [4.78, 5) is 2.35. The van der Waals surface area contributed by atoms with Crippen molar-refractivity contribution in [1.82, 2.24) is 10.2 Å². The van der Waals surface area contributed by atoms with Gasteiger partial charge in [-0.1, -0.05) is 20.3 Å². The molecule has 1 saturated heterocycles. The van der Waals surface area contributed by atoms with Gasteiger partial charge in [-0.05, 0) is 24.1 Å². The first-order valence-corrected chi connectivity index (χ1v) is 7.06. The van der Waals surface area contributed by atoms with Crippen LogP contribution in [0.5, 0.6) is 5.75 Å². The SMILES string of the molecule is CCC(C)[C@@H](c1cc(F)ccc1O)N1CCNCC1. The summed E-state index contributed by atoms with van der Waals surface area (Å²) in [5, 5.41) is 13.4. The number of piperazine rings is 1. The van der Waals surface area contributed by atoms with Crippen LogP contribution in [0.15, 0.2) is 18.2 Å². The van der Waals surface area contributed by atoms with Gasteiger partial charge in [0.1, 0.15) is 11.6 Å². The Kier molecular flexibility index (Phi) is 4.77. The van der Waals surface area contributed by atoms with Crippen LogP contribution in [0.3, 0.4) is 0 Å². The van der Waals surface area contributed by atoms with Gasteiger partial charge in [0.05, 0.1) is 0 Å². The fourth-order valence-electron chi connectivity index (χ4n) is 2.81. The van der Waals surface area contributed by atoms with Gasteiger partial charge in [0.15, 0.2) is 0 Å². The maximum Gasteiger partial charge on any atom is 0.123 e. The van der Waals surface area contributed by atoms with Crippen LogP contribution in [0.1, 0.15) is 31.9 Å². The Morgan fingerprint density at radius 2 is 2.05 bits per heavy atom. The van der Waals surface area contributed by atoms with Crippen molar-refractivity contribution in [3.05, 3.63) is 29.6 Å². The maximum atomic E-state index is 13.5. The highest BCUT2D eigenvalue weighted by atomic mass is 19.1. The van der Waals surface area contributed by atoms with Gasteiger partial charge >= 0.3 is 0 Å². The molecule has 19 heavy (non-hydrogen) atoms. The first-order valence-electron chi connectivity index (χ1n) is 7.06. The number of nitrogens with zero attached hydrogens (tertiary/aromatic N) is 1. The molecule has 1 aromatic carbocycles. The monoisotopic (exact) mass is 266 g/mol. The summed E-state index contributed by atoms with van der Waals surface area (Å²) >= 11 is 0. The third-order valence-electron chi connectivity index (χ3n) is 4.04. The molecule has 2 N–H and O–H groups in total. The number of hydrogen-bond donors (Lipinski definition) is 2. The van der Waals surface area contributed by atoms with E-state index in [9.17, 15) is 9.50 Å². The van der Waals surface area contributed by atoms with Gasteiger partial charge in [0, 0.05) is 37.8 Å². The van der Waals surface area contributed by atoms with E-state index < -0.39 is 0 Å². The number of nitrogens with one attached hydrogen (secondary N) is 1. The molecule has 2 rings (SSSR count). The quantitative estimate of drug-likeness (QED) is 0.879. The summed E-state index contributed by atoms with van der Waals surface area (Å²) in [6.45, 7) is 8.06. The summed E-state index contributed by atoms with van der Waals surface area (Å²) in [7, 11) is 0. The number of hydrogen-bond acceptors (Lipinski definition) is 3. The van der Waals surface area contributed by atoms with Crippen molar-refractivity contribution >= 4 is 0 Å². The Morgan fingerprint density at radius 1 is 1.37 bits per heavy atom. The van der Waals surface area contributed by atoms with Crippen LogP contribution in [-0.2, 0) is 0 Å². The molecule has 0 spiro atoms. The van der Waals surface area contributed by atoms with E-state index in [-0.39, 0.29) is 17.6 Å². The molecule has 0 aromatic heterocycles. The summed E-state index contributed by atoms with van der Waals surface area (Å²) in [5.41, 5.74) is 0.719. The fraction of sp³-hybridized carbons (Fsp3) is 0.600. The van der Waals surface area contributed by atoms with Gasteiger partial charge in [-0.3, -0.25) is 4.90 Å². The van der Waals surface area contributed by atoms with Gasteiger partial charge in [-0.25, -0.2) is 4.39 Å². The lowest BCUT2D eigenvalue weighted by Gasteiger charge is -2.38. The molecular formula is C15H23FN2O. The van der Waals surface area contributed by atoms with Crippen molar-refractivity contribution in [1.29, 1.82) is 0 Å². The van der Waals surface area contributed by atoms with E-state index in [1.54, 1.807) is 0 Å². The first-order chi connectivity index (χ1) is 9.13. The largest absolute Gasteiger partial charge is 0.508 e. The lowest BCUT2D eigenvalue weighted by atomic mass is 9.90. The van der Waals surface area contributed by atoms with Gasteiger partial charge in [0.25, 0.3) is 0 Å². The zero-order chi connectivity index (χ0) is 13.8. The third-order valence-corrected chi connectivity index (χ3v) is 4.04. The summed E-state index contributed by atoms with van der Waals surface area (Å²) in [6.07, 6.45) is 1.00. The molecule has 106 valence electrons. The number of halogens is 1. The van der Waals surface area contributed by atoms with Gasteiger partial charge in [-0.2, -0.15) is 0 Å². The minimum Gasteiger partial charge on any atom is -0.508 e. The van der Waals surface area contributed by atoms with E-state index in [2.05, 4.69) is 24.1 Å². The average molecular weight is 266 g/mol. The fourth-order valence-corrected chi connectivity index (χ4v) is 2.81. The lowest BCUT2D eigenvalue weighted by molar-refractivity contribution is 0.126. The second kappa shape index (κ2) is 6.35. The van der Waals surface area contributed by atoms with Crippen LogP contribution in [0.4, 0.5) is 4.39 Å². The van der Waals surface area contributed by atoms with Crippen LogP contribution in [-0.4, -0.2) is 36.2 Å². The number of phenols is 1. The molecule has 0 amide bonds. The predicted octanol–water partition coefficient (Wildman–Crippen LogP) is 2.52. The molecule has 3 nitrogen and oxygen atoms in total. The molecular weight excluding hydrogens is 243 g/mol. The van der Waals surface area contributed by atoms with Gasteiger partial charge < -0.3 is 10.4 Å². The van der Waals surface area contributed by atoms with Crippen molar-refractivity contribution in [2.75, 3.05) is 26.2 Å². The standard InChI is InChI=1S/C15H23FN2O/c1-3-11(2)15(18-8-6-17-7-9-18)13-10-12(16)4-5-14(13)19/h4-5,10-11,15,17,19H,3,6-9H2,1-2H3/t11?,15-/m0/s1. The van der Waals surface area contributed by atoms with E-state index in [1.165, 1.54) is 18.2 Å². The lowest BCUT2D eigenvalue weighted by Crippen LogP contribution is -2.46. The second-order valence-corrected chi connectivity index (χ2v) is 5.32. The van der Waals surface area contributed by atoms with Crippen molar-refractivity contribution < 1.29 is 9.50 Å². The molecule has 4 heteroatoms. The van der Waals surface area contributed by atoms with Crippen LogP contribution in [0, 0.1) is 11.7 Å². The highest BCUT2D eigenvalue weighted by Gasteiger charge is 2.28. The Bertz CT molecular complexity index is 419. The number of phenolic OH excluding ortho intramolecular Hbond substituents is 1. The predicted molar refractivity (Wildman–Crippen MR) is 74.7 cm³/mol. The van der Waals surface area contributed by atoms with E-state index in [0.29, 0.717) is 5.92 Å². The van der Waals surface area contributed by atoms with Crippen LogP contribution in [0.25, 0.3) is 0 Å². The topological polar surface area (TPSA) is 35.5 Å². The normalized spacial score (nSPS) is 20.2. The molecule has 2 atom stereocenters. The van der Waals surface area contributed by atoms with Crippen LogP contribution < -0.4 is 5.32 Å². The van der Waals surface area contributed by atoms with Crippen LogP contribution >= 0.6 is 0 Å². The summed E-state index contributed by atoms with van der Waals surface area (Å²) in [5.74, 6) is 0.298. The molecule has 1 aromatic rings. The summed E-state index contributed by atoms with van der Waals surface area (Å²) in [6, 6.07) is 4.34. The smallest absolute Gasteiger partial charge is 0.123 e. The first kappa shape index (κ1) is 14.3. The molecule has 0 radical (unpaired) electrons. The third kappa shape index (κ3) is 3.25. The van der Waals surface area contributed by atoms with E-state index in [4.69, 9.17) is 0 Å². The van der Waals surface area contributed by atoms with E-state index in [0.717, 1.165) is 38.2 Å². The van der Waals surface area contributed by atoms with Crippen molar-refractivity contribution in [3.63, 3.8) is 0 Å². The van der Waals surface area contributed by atoms with Crippen molar-refractivity contribution in [2.45, 2.75) is 26.3 Å². The summed E-state index contributed by atoms with van der Waals surface area (Å²) < 4.78 is 13.5. The minimum atomic E-state index is -0.281. The number of benzene rings is 1. The highest BCUT2D eigenvalue weighted by Crippen LogP contribution is 2.36. The molecule has 0 saturated carbocycles. The number of rotatable bonds is 4. The molecule has 1 aliphatic heterocycles. The second-order valence-electron chi connectivity index (χ2n) is 5.32. The van der Waals surface area contributed by atoms with Gasteiger partial charge in [-0.15, -0.1) is 0 Å². The molecule has 1 unspecified atom stereocenters. The van der Waals surface area contributed by atoms with E-state index >= 15 is 0 Å². The molecule has 1 heterocycles. The minimum absolute atomic E-state index is 0.0859.